The zero-order valence-corrected chi connectivity index (χ0v) is 14.9. The zero-order valence-electron chi connectivity index (χ0n) is 14.1. The van der Waals surface area contributed by atoms with Crippen LogP contribution in [0.3, 0.4) is 0 Å². The molecule has 1 heterocycles. The molecule has 2 aromatic rings. The number of hydrogen-bond donors (Lipinski definition) is 0. The Bertz CT molecular complexity index is 798. The lowest BCUT2D eigenvalue weighted by Crippen LogP contribution is -2.41. The van der Waals surface area contributed by atoms with Gasteiger partial charge in [-0.3, -0.25) is 4.99 Å². The molecule has 3 nitrogen and oxygen atoms in total. The van der Waals surface area contributed by atoms with Gasteiger partial charge in [0.15, 0.2) is 5.54 Å². The molecule has 0 fully saturated rings. The molecule has 0 spiro atoms. The molecule has 25 heavy (non-hydrogen) atoms. The summed E-state index contributed by atoms with van der Waals surface area (Å²) in [6, 6.07) is 17.4. The van der Waals surface area contributed by atoms with Crippen molar-refractivity contribution in [2.75, 3.05) is 7.11 Å². The lowest BCUT2D eigenvalue weighted by atomic mass is 9.78. The second-order valence-electron chi connectivity index (χ2n) is 6.11. The van der Waals surface area contributed by atoms with E-state index in [1.165, 1.54) is 7.11 Å². The van der Waals surface area contributed by atoms with Gasteiger partial charge in [0.2, 0.25) is 0 Å². The van der Waals surface area contributed by atoms with Gasteiger partial charge in [0.1, 0.15) is 0 Å². The third kappa shape index (κ3) is 3.24. The third-order valence-corrected chi connectivity index (χ3v) is 4.95. The average Bonchev–Trinajstić information content (AvgIpc) is 3.09. The highest BCUT2D eigenvalue weighted by Gasteiger charge is 2.49. The number of nitrogens with zero attached hydrogens (tertiary/aromatic N) is 1. The highest BCUT2D eigenvalue weighted by atomic mass is 35.5. The minimum absolute atomic E-state index is 0.244. The summed E-state index contributed by atoms with van der Waals surface area (Å²) in [6.07, 6.45) is 3.08. The number of benzene rings is 2. The summed E-state index contributed by atoms with van der Waals surface area (Å²) in [5.74, 6) is -0.573. The first kappa shape index (κ1) is 17.4. The fourth-order valence-corrected chi connectivity index (χ4v) is 3.58. The van der Waals surface area contributed by atoms with Gasteiger partial charge in [-0.1, -0.05) is 60.1 Å². The lowest BCUT2D eigenvalue weighted by Gasteiger charge is -2.30. The molecule has 0 N–H and O–H groups in total. The lowest BCUT2D eigenvalue weighted by molar-refractivity contribution is -0.147. The Balaban J connectivity index is 2.07. The summed E-state index contributed by atoms with van der Waals surface area (Å²) >= 11 is 5.97. The molecule has 0 unspecified atom stereocenters. The van der Waals surface area contributed by atoms with E-state index in [9.17, 15) is 4.79 Å². The molecular formula is C21H20ClNO2. The number of methoxy groups -OCH3 is 1. The quantitative estimate of drug-likeness (QED) is 0.571. The fraction of sp³-hybridized carbons (Fsp3) is 0.238. The summed E-state index contributed by atoms with van der Waals surface area (Å²) in [7, 11) is 1.41. The molecule has 0 aliphatic carbocycles. The molecule has 128 valence electrons. The topological polar surface area (TPSA) is 38.7 Å². The molecule has 0 amide bonds. The van der Waals surface area contributed by atoms with Crippen molar-refractivity contribution in [3.05, 3.63) is 83.4 Å². The molecule has 2 aromatic carbocycles. The monoisotopic (exact) mass is 353 g/mol. The fourth-order valence-electron chi connectivity index (χ4n) is 3.46. The maximum atomic E-state index is 12.7. The van der Waals surface area contributed by atoms with Gasteiger partial charge in [-0.25, -0.2) is 4.79 Å². The van der Waals surface area contributed by atoms with E-state index in [1.807, 2.05) is 54.6 Å². The van der Waals surface area contributed by atoms with Crippen molar-refractivity contribution in [2.45, 2.75) is 24.3 Å². The van der Waals surface area contributed by atoms with Crippen LogP contribution in [-0.4, -0.2) is 24.3 Å². The van der Waals surface area contributed by atoms with Gasteiger partial charge in [0, 0.05) is 16.7 Å². The van der Waals surface area contributed by atoms with Crippen molar-refractivity contribution < 1.29 is 9.53 Å². The van der Waals surface area contributed by atoms with Crippen LogP contribution in [0.25, 0.3) is 0 Å². The number of rotatable bonds is 5. The van der Waals surface area contributed by atoms with Crippen LogP contribution in [0.4, 0.5) is 0 Å². The molecule has 0 radical (unpaired) electrons. The second kappa shape index (κ2) is 7.24. The van der Waals surface area contributed by atoms with E-state index in [4.69, 9.17) is 21.3 Å². The van der Waals surface area contributed by atoms with Crippen molar-refractivity contribution in [2.24, 2.45) is 4.99 Å². The van der Waals surface area contributed by atoms with Gasteiger partial charge in [-0.05, 0) is 36.1 Å². The van der Waals surface area contributed by atoms with Crippen molar-refractivity contribution in [3.63, 3.8) is 0 Å². The molecular weight excluding hydrogens is 334 g/mol. The van der Waals surface area contributed by atoms with E-state index in [0.717, 1.165) is 16.8 Å². The normalized spacial score (nSPS) is 20.6. The maximum Gasteiger partial charge on any atom is 0.334 e. The molecule has 0 saturated heterocycles. The number of ether oxygens (including phenoxy) is 1. The summed E-state index contributed by atoms with van der Waals surface area (Å²) in [6.45, 7) is 3.96. The molecule has 2 atom stereocenters. The number of carbonyl (C=O) groups is 1. The molecule has 0 bridgehead atoms. The van der Waals surface area contributed by atoms with E-state index in [2.05, 4.69) is 6.58 Å². The van der Waals surface area contributed by atoms with Crippen LogP contribution >= 0.6 is 11.6 Å². The van der Waals surface area contributed by atoms with Crippen LogP contribution in [0.5, 0.6) is 0 Å². The Morgan fingerprint density at radius 3 is 2.52 bits per heavy atom. The largest absolute Gasteiger partial charge is 0.467 e. The van der Waals surface area contributed by atoms with Crippen LogP contribution in [0.2, 0.25) is 5.02 Å². The third-order valence-electron chi connectivity index (χ3n) is 4.70. The van der Waals surface area contributed by atoms with Gasteiger partial charge >= 0.3 is 5.97 Å². The molecule has 0 saturated carbocycles. The predicted molar refractivity (Wildman–Crippen MR) is 101 cm³/mol. The van der Waals surface area contributed by atoms with E-state index in [0.29, 0.717) is 17.9 Å². The zero-order chi connectivity index (χ0) is 17.9. The SMILES string of the molecule is C=C[C@@H](c1ccccc1)[C@]1(C(=O)OC)CCC(c2ccc(Cl)cc2)=N1. The summed E-state index contributed by atoms with van der Waals surface area (Å²) < 4.78 is 5.13. The van der Waals surface area contributed by atoms with E-state index in [1.54, 1.807) is 6.08 Å². The maximum absolute atomic E-state index is 12.7. The van der Waals surface area contributed by atoms with Crippen LogP contribution < -0.4 is 0 Å². The number of aliphatic imine (C=N–C) groups is 1. The summed E-state index contributed by atoms with van der Waals surface area (Å²) in [4.78, 5) is 17.6. The standard InChI is InChI=1S/C21H20ClNO2/c1-3-18(15-7-5-4-6-8-15)21(20(24)25-2)14-13-19(23-21)16-9-11-17(22)12-10-16/h3-12,18H,1,13-14H2,2H3/t18-,21-/m0/s1. The van der Waals surface area contributed by atoms with E-state index < -0.39 is 5.54 Å². The predicted octanol–water partition coefficient (Wildman–Crippen LogP) is 4.80. The Kier molecular flexibility index (Phi) is 5.05. The number of hydrogen-bond acceptors (Lipinski definition) is 3. The minimum Gasteiger partial charge on any atom is -0.467 e. The van der Waals surface area contributed by atoms with Gasteiger partial charge in [0.05, 0.1) is 7.11 Å². The number of esters is 1. The molecule has 0 aromatic heterocycles. The van der Waals surface area contributed by atoms with Crippen molar-refractivity contribution in [3.8, 4) is 0 Å². The van der Waals surface area contributed by atoms with Crippen LogP contribution in [0.15, 0.2) is 72.2 Å². The smallest absolute Gasteiger partial charge is 0.334 e. The van der Waals surface area contributed by atoms with Crippen LogP contribution in [0.1, 0.15) is 29.9 Å². The van der Waals surface area contributed by atoms with Crippen molar-refractivity contribution >= 4 is 23.3 Å². The van der Waals surface area contributed by atoms with Gasteiger partial charge in [0.25, 0.3) is 0 Å². The van der Waals surface area contributed by atoms with Gasteiger partial charge < -0.3 is 4.74 Å². The van der Waals surface area contributed by atoms with Gasteiger partial charge in [-0.15, -0.1) is 6.58 Å². The van der Waals surface area contributed by atoms with Gasteiger partial charge in [-0.2, -0.15) is 0 Å². The van der Waals surface area contributed by atoms with Crippen molar-refractivity contribution in [1.82, 2.24) is 0 Å². The number of halogens is 1. The summed E-state index contributed by atoms with van der Waals surface area (Å²) in [5.41, 5.74) is 1.90. The Morgan fingerprint density at radius 2 is 1.92 bits per heavy atom. The van der Waals surface area contributed by atoms with E-state index >= 15 is 0 Å². The first-order valence-corrected chi connectivity index (χ1v) is 8.59. The minimum atomic E-state index is -0.979. The first-order chi connectivity index (χ1) is 12.1. The van der Waals surface area contributed by atoms with Crippen molar-refractivity contribution in [1.29, 1.82) is 0 Å². The molecule has 4 heteroatoms. The molecule has 1 aliphatic heterocycles. The average molecular weight is 354 g/mol. The Morgan fingerprint density at radius 1 is 1.24 bits per heavy atom. The molecule has 3 rings (SSSR count). The highest BCUT2D eigenvalue weighted by molar-refractivity contribution is 6.30. The Labute approximate surface area is 153 Å². The van der Waals surface area contributed by atoms with Crippen LogP contribution in [0, 0.1) is 0 Å². The summed E-state index contributed by atoms with van der Waals surface area (Å²) in [5, 5.41) is 0.676. The van der Waals surface area contributed by atoms with Crippen LogP contribution in [-0.2, 0) is 9.53 Å². The number of carbonyl (C=O) groups excluding carboxylic acids is 1. The second-order valence-corrected chi connectivity index (χ2v) is 6.54. The Hall–Kier alpha value is -2.39. The van der Waals surface area contributed by atoms with E-state index in [-0.39, 0.29) is 11.9 Å². The molecule has 1 aliphatic rings. The first-order valence-electron chi connectivity index (χ1n) is 8.21. The highest BCUT2D eigenvalue weighted by Crippen LogP contribution is 2.42.